The number of fused-ring (bicyclic) bond motifs is 1. The highest BCUT2D eigenvalue weighted by atomic mass is 79.9. The number of amides is 1. The standard InChI is InChI=1S/C16H20BrClN2O/c1-19-7-2-3-11-10-20(8-6-15(11)19)16(21)13-5-4-12(18)9-14(13)17/h4-5,9,11,15H,2-3,6-8,10H2,1H3. The number of benzene rings is 1. The van der Waals surface area contributed by atoms with Gasteiger partial charge < -0.3 is 9.80 Å². The number of nitrogens with zero attached hydrogens (tertiary/aromatic N) is 2. The van der Waals surface area contributed by atoms with Gasteiger partial charge in [0.1, 0.15) is 0 Å². The number of hydrogen-bond donors (Lipinski definition) is 0. The van der Waals surface area contributed by atoms with Crippen LogP contribution in [0.4, 0.5) is 0 Å². The van der Waals surface area contributed by atoms with E-state index in [1.54, 1.807) is 12.1 Å². The molecule has 2 heterocycles. The highest BCUT2D eigenvalue weighted by Crippen LogP contribution is 2.31. The minimum atomic E-state index is 0.116. The van der Waals surface area contributed by atoms with Crippen LogP contribution in [0.5, 0.6) is 0 Å². The Kier molecular flexibility index (Phi) is 4.57. The van der Waals surface area contributed by atoms with Gasteiger partial charge in [0.05, 0.1) is 5.56 Å². The third-order valence-electron chi connectivity index (χ3n) is 4.79. The molecule has 2 unspecified atom stereocenters. The van der Waals surface area contributed by atoms with Crippen LogP contribution in [-0.2, 0) is 0 Å². The second-order valence-electron chi connectivity index (χ2n) is 6.11. The first-order valence-corrected chi connectivity index (χ1v) is 8.68. The van der Waals surface area contributed by atoms with Crippen molar-refractivity contribution >= 4 is 33.4 Å². The molecule has 1 aromatic rings. The molecule has 2 aliphatic rings. The number of likely N-dealkylation sites (tertiary alicyclic amines) is 2. The van der Waals surface area contributed by atoms with Crippen molar-refractivity contribution in [3.63, 3.8) is 0 Å². The highest BCUT2D eigenvalue weighted by Gasteiger charge is 2.36. The van der Waals surface area contributed by atoms with Crippen molar-refractivity contribution in [2.24, 2.45) is 5.92 Å². The predicted octanol–water partition coefficient (Wildman–Crippen LogP) is 3.66. The number of rotatable bonds is 1. The summed E-state index contributed by atoms with van der Waals surface area (Å²) in [6.07, 6.45) is 3.56. The van der Waals surface area contributed by atoms with Crippen molar-refractivity contribution in [3.8, 4) is 0 Å². The van der Waals surface area contributed by atoms with E-state index >= 15 is 0 Å². The Balaban J connectivity index is 1.74. The minimum absolute atomic E-state index is 0.116. The largest absolute Gasteiger partial charge is 0.338 e. The molecule has 114 valence electrons. The van der Waals surface area contributed by atoms with Crippen LogP contribution in [0.25, 0.3) is 0 Å². The molecule has 0 aromatic heterocycles. The van der Waals surface area contributed by atoms with E-state index in [2.05, 4.69) is 27.9 Å². The van der Waals surface area contributed by atoms with E-state index in [0.29, 0.717) is 22.5 Å². The van der Waals surface area contributed by atoms with Crippen LogP contribution in [-0.4, -0.2) is 48.4 Å². The van der Waals surface area contributed by atoms with Crippen molar-refractivity contribution in [1.29, 1.82) is 0 Å². The third-order valence-corrected chi connectivity index (χ3v) is 5.69. The van der Waals surface area contributed by atoms with E-state index in [9.17, 15) is 4.79 Å². The van der Waals surface area contributed by atoms with Crippen molar-refractivity contribution in [2.45, 2.75) is 25.3 Å². The van der Waals surface area contributed by atoms with Gasteiger partial charge in [0.25, 0.3) is 5.91 Å². The molecular weight excluding hydrogens is 352 g/mol. The molecular formula is C16H20BrClN2O. The molecule has 3 nitrogen and oxygen atoms in total. The number of hydrogen-bond acceptors (Lipinski definition) is 2. The molecule has 2 atom stereocenters. The second-order valence-corrected chi connectivity index (χ2v) is 7.41. The number of carbonyl (C=O) groups excluding carboxylic acids is 1. The fourth-order valence-corrected chi connectivity index (χ4v) is 4.52. The van der Waals surface area contributed by atoms with Gasteiger partial charge in [-0.05, 0) is 72.9 Å². The first kappa shape index (κ1) is 15.3. The summed E-state index contributed by atoms with van der Waals surface area (Å²) in [5, 5.41) is 0.644. The zero-order valence-corrected chi connectivity index (χ0v) is 14.5. The van der Waals surface area contributed by atoms with Gasteiger partial charge in [-0.2, -0.15) is 0 Å². The summed E-state index contributed by atoms with van der Waals surface area (Å²) in [6.45, 7) is 2.92. The lowest BCUT2D eigenvalue weighted by Crippen LogP contribution is -2.53. The van der Waals surface area contributed by atoms with Crippen LogP contribution in [0.3, 0.4) is 0 Å². The number of carbonyl (C=O) groups is 1. The second kappa shape index (κ2) is 6.27. The Morgan fingerprint density at radius 3 is 2.90 bits per heavy atom. The Hall–Kier alpha value is -0.580. The van der Waals surface area contributed by atoms with Gasteiger partial charge >= 0.3 is 0 Å². The van der Waals surface area contributed by atoms with Crippen LogP contribution in [0.1, 0.15) is 29.6 Å². The quantitative estimate of drug-likeness (QED) is 0.752. The zero-order valence-electron chi connectivity index (χ0n) is 12.2. The Labute approximate surface area is 139 Å². The van der Waals surface area contributed by atoms with Gasteiger partial charge in [0.2, 0.25) is 0 Å². The average molecular weight is 372 g/mol. The summed E-state index contributed by atoms with van der Waals surface area (Å²) >= 11 is 9.41. The van der Waals surface area contributed by atoms with Crippen molar-refractivity contribution in [3.05, 3.63) is 33.3 Å². The Morgan fingerprint density at radius 2 is 2.14 bits per heavy atom. The van der Waals surface area contributed by atoms with Crippen LogP contribution < -0.4 is 0 Å². The maximum atomic E-state index is 12.7. The molecule has 0 bridgehead atoms. The van der Waals surface area contributed by atoms with E-state index in [-0.39, 0.29) is 5.91 Å². The fraction of sp³-hybridized carbons (Fsp3) is 0.562. The SMILES string of the molecule is CN1CCCC2CN(C(=O)c3ccc(Cl)cc3Br)CCC21. The van der Waals surface area contributed by atoms with Gasteiger partial charge in [-0.1, -0.05) is 11.6 Å². The predicted molar refractivity (Wildman–Crippen MR) is 88.8 cm³/mol. The lowest BCUT2D eigenvalue weighted by molar-refractivity contribution is 0.0316. The molecule has 0 N–H and O–H groups in total. The maximum Gasteiger partial charge on any atom is 0.255 e. The molecule has 0 radical (unpaired) electrons. The molecule has 2 fully saturated rings. The Morgan fingerprint density at radius 1 is 1.33 bits per heavy atom. The average Bonchev–Trinajstić information content (AvgIpc) is 2.46. The normalized spacial score (nSPS) is 26.5. The molecule has 1 aromatic carbocycles. The summed E-state index contributed by atoms with van der Waals surface area (Å²) < 4.78 is 0.780. The van der Waals surface area contributed by atoms with E-state index in [4.69, 9.17) is 11.6 Å². The van der Waals surface area contributed by atoms with Crippen LogP contribution in [0.2, 0.25) is 5.02 Å². The molecule has 2 saturated heterocycles. The maximum absolute atomic E-state index is 12.7. The van der Waals surface area contributed by atoms with Gasteiger partial charge in [-0.15, -0.1) is 0 Å². The summed E-state index contributed by atoms with van der Waals surface area (Å²) in [6, 6.07) is 6.03. The fourth-order valence-electron chi connectivity index (χ4n) is 3.67. The minimum Gasteiger partial charge on any atom is -0.338 e. The molecule has 0 saturated carbocycles. The van der Waals surface area contributed by atoms with Crippen LogP contribution in [0.15, 0.2) is 22.7 Å². The summed E-state index contributed by atoms with van der Waals surface area (Å²) in [7, 11) is 2.21. The molecule has 1 amide bonds. The molecule has 2 aliphatic heterocycles. The van der Waals surface area contributed by atoms with Crippen LogP contribution >= 0.6 is 27.5 Å². The van der Waals surface area contributed by atoms with E-state index in [1.165, 1.54) is 19.4 Å². The first-order valence-electron chi connectivity index (χ1n) is 7.51. The lowest BCUT2D eigenvalue weighted by Gasteiger charge is -2.46. The molecule has 0 spiro atoms. The third kappa shape index (κ3) is 3.13. The summed E-state index contributed by atoms with van der Waals surface area (Å²) in [5.41, 5.74) is 0.710. The topological polar surface area (TPSA) is 23.6 Å². The van der Waals surface area contributed by atoms with Crippen LogP contribution in [0, 0.1) is 5.92 Å². The monoisotopic (exact) mass is 370 g/mol. The number of piperidine rings is 2. The molecule has 5 heteroatoms. The molecule has 21 heavy (non-hydrogen) atoms. The van der Waals surface area contributed by atoms with Crippen molar-refractivity contribution in [2.75, 3.05) is 26.7 Å². The van der Waals surface area contributed by atoms with E-state index < -0.39 is 0 Å². The van der Waals surface area contributed by atoms with Gasteiger partial charge in [-0.25, -0.2) is 0 Å². The first-order chi connectivity index (χ1) is 10.1. The van der Waals surface area contributed by atoms with E-state index in [0.717, 1.165) is 24.0 Å². The molecule has 3 rings (SSSR count). The lowest BCUT2D eigenvalue weighted by atomic mass is 9.84. The summed E-state index contributed by atoms with van der Waals surface area (Å²) in [5.74, 6) is 0.734. The van der Waals surface area contributed by atoms with Crippen molar-refractivity contribution in [1.82, 2.24) is 9.80 Å². The Bertz CT molecular complexity index is 551. The smallest absolute Gasteiger partial charge is 0.255 e. The molecule has 0 aliphatic carbocycles. The van der Waals surface area contributed by atoms with Gasteiger partial charge in [0.15, 0.2) is 0 Å². The zero-order chi connectivity index (χ0) is 15.0. The van der Waals surface area contributed by atoms with E-state index in [1.807, 2.05) is 11.0 Å². The highest BCUT2D eigenvalue weighted by molar-refractivity contribution is 9.10. The summed E-state index contributed by atoms with van der Waals surface area (Å²) in [4.78, 5) is 17.2. The van der Waals surface area contributed by atoms with Gasteiger partial charge in [0, 0.05) is 28.6 Å². The van der Waals surface area contributed by atoms with Crippen molar-refractivity contribution < 1.29 is 4.79 Å². The number of halogens is 2. The van der Waals surface area contributed by atoms with Gasteiger partial charge in [-0.3, -0.25) is 4.79 Å².